The third kappa shape index (κ3) is 2.26. The van der Waals surface area contributed by atoms with Crippen LogP contribution >= 0.6 is 22.9 Å². The molecular weight excluding hydrogens is 266 g/mol. The number of nitrogens with zero attached hydrogens (tertiary/aromatic N) is 3. The smallest absolute Gasteiger partial charge is 0.0832 e. The van der Waals surface area contributed by atoms with Crippen molar-refractivity contribution in [2.45, 2.75) is 12.8 Å². The average molecular weight is 278 g/mol. The highest BCUT2D eigenvalue weighted by molar-refractivity contribution is 7.17. The molecule has 0 saturated carbocycles. The van der Waals surface area contributed by atoms with E-state index in [-0.39, 0.29) is 0 Å². The Kier molecular flexibility index (Phi) is 3.30. The number of hydrogen-bond donors (Lipinski definition) is 0. The lowest BCUT2D eigenvalue weighted by atomic mass is 10.2. The van der Waals surface area contributed by atoms with Crippen molar-refractivity contribution in [1.82, 2.24) is 15.0 Å². The molecule has 92 valence electrons. The zero-order chi connectivity index (χ0) is 12.4. The third-order valence-corrected chi connectivity index (χ3v) is 3.97. The van der Waals surface area contributed by atoms with E-state index in [0.717, 1.165) is 24.2 Å². The summed E-state index contributed by atoms with van der Waals surface area (Å²) in [6, 6.07) is 8.44. The topological polar surface area (TPSA) is 30.7 Å². The first-order chi connectivity index (χ1) is 8.86. The summed E-state index contributed by atoms with van der Waals surface area (Å²) in [6.07, 6.45) is 3.79. The maximum absolute atomic E-state index is 5.67. The zero-order valence-corrected chi connectivity index (χ0v) is 11.3. The van der Waals surface area contributed by atoms with Gasteiger partial charge < -0.3 is 0 Å². The number of rotatable bonds is 4. The fourth-order valence-corrected chi connectivity index (χ4v) is 2.79. The summed E-state index contributed by atoms with van der Waals surface area (Å²) in [4.78, 5) is 0. The van der Waals surface area contributed by atoms with E-state index in [4.69, 9.17) is 11.6 Å². The predicted molar refractivity (Wildman–Crippen MR) is 75.8 cm³/mol. The van der Waals surface area contributed by atoms with E-state index in [2.05, 4.69) is 40.0 Å². The minimum atomic E-state index is 0.660. The molecule has 0 bridgehead atoms. The van der Waals surface area contributed by atoms with Gasteiger partial charge in [0.05, 0.1) is 17.6 Å². The summed E-state index contributed by atoms with van der Waals surface area (Å²) < 4.78 is 3.11. The number of fused-ring (bicyclic) bond motifs is 1. The monoisotopic (exact) mass is 277 g/mol. The van der Waals surface area contributed by atoms with Crippen LogP contribution in [0, 0.1) is 0 Å². The van der Waals surface area contributed by atoms with Crippen LogP contribution in [0.3, 0.4) is 0 Å². The van der Waals surface area contributed by atoms with Gasteiger partial charge in [-0.25, -0.2) is 4.68 Å². The Morgan fingerprint density at radius 3 is 3.11 bits per heavy atom. The molecule has 0 radical (unpaired) electrons. The van der Waals surface area contributed by atoms with E-state index in [1.54, 1.807) is 11.3 Å². The van der Waals surface area contributed by atoms with Crippen molar-refractivity contribution in [1.29, 1.82) is 0 Å². The van der Waals surface area contributed by atoms with Crippen LogP contribution in [0.4, 0.5) is 0 Å². The summed E-state index contributed by atoms with van der Waals surface area (Å²) >= 11 is 7.42. The minimum absolute atomic E-state index is 0.660. The SMILES string of the molecule is ClCCCc1cn(-c2ccc3sccc3c2)nn1. The summed E-state index contributed by atoms with van der Waals surface area (Å²) in [5.74, 6) is 0.660. The van der Waals surface area contributed by atoms with Gasteiger partial charge in [0.2, 0.25) is 0 Å². The summed E-state index contributed by atoms with van der Waals surface area (Å²) in [6.45, 7) is 0. The van der Waals surface area contributed by atoms with Gasteiger partial charge in [0.25, 0.3) is 0 Å². The highest BCUT2D eigenvalue weighted by Crippen LogP contribution is 2.23. The van der Waals surface area contributed by atoms with Crippen molar-refractivity contribution in [2.75, 3.05) is 5.88 Å². The molecule has 18 heavy (non-hydrogen) atoms. The van der Waals surface area contributed by atoms with Crippen molar-refractivity contribution >= 4 is 33.0 Å². The molecule has 0 aliphatic heterocycles. The molecule has 3 nitrogen and oxygen atoms in total. The average Bonchev–Trinajstić information content (AvgIpc) is 3.04. The summed E-state index contributed by atoms with van der Waals surface area (Å²) in [7, 11) is 0. The maximum Gasteiger partial charge on any atom is 0.0832 e. The van der Waals surface area contributed by atoms with Crippen LogP contribution in [0.15, 0.2) is 35.8 Å². The van der Waals surface area contributed by atoms with Gasteiger partial charge in [0, 0.05) is 10.6 Å². The van der Waals surface area contributed by atoms with E-state index in [9.17, 15) is 0 Å². The fourth-order valence-electron chi connectivity index (χ4n) is 1.88. The lowest BCUT2D eigenvalue weighted by molar-refractivity contribution is 0.793. The lowest BCUT2D eigenvalue weighted by Crippen LogP contribution is -1.93. The quantitative estimate of drug-likeness (QED) is 0.682. The van der Waals surface area contributed by atoms with Gasteiger partial charge in [-0.2, -0.15) is 0 Å². The largest absolute Gasteiger partial charge is 0.220 e. The highest BCUT2D eigenvalue weighted by atomic mass is 35.5. The molecule has 2 heterocycles. The standard InChI is InChI=1S/C13H12ClN3S/c14-6-1-2-11-9-17(16-15-11)12-3-4-13-10(8-12)5-7-18-13/h3-5,7-9H,1-2,6H2. The number of halogens is 1. The van der Waals surface area contributed by atoms with Crippen molar-refractivity contribution in [3.05, 3.63) is 41.5 Å². The van der Waals surface area contributed by atoms with Crippen LogP contribution in [0.1, 0.15) is 12.1 Å². The first-order valence-electron chi connectivity index (χ1n) is 5.81. The summed E-state index contributed by atoms with van der Waals surface area (Å²) in [5, 5.41) is 11.7. The molecule has 2 aromatic heterocycles. The Morgan fingerprint density at radius 1 is 1.28 bits per heavy atom. The van der Waals surface area contributed by atoms with Crippen molar-refractivity contribution < 1.29 is 0 Å². The molecule has 0 aliphatic carbocycles. The molecule has 0 saturated heterocycles. The number of aryl methyl sites for hydroxylation is 1. The van der Waals surface area contributed by atoms with E-state index in [1.807, 2.05) is 10.9 Å². The van der Waals surface area contributed by atoms with Gasteiger partial charge in [-0.05, 0) is 47.9 Å². The Bertz CT molecular complexity index is 659. The Balaban J connectivity index is 1.90. The lowest BCUT2D eigenvalue weighted by Gasteiger charge is -1.99. The molecule has 0 unspecified atom stereocenters. The second kappa shape index (κ2) is 5.08. The Labute approximate surface area is 114 Å². The second-order valence-corrected chi connectivity index (χ2v) is 5.42. The number of alkyl halides is 1. The molecule has 0 aliphatic rings. The van der Waals surface area contributed by atoms with Gasteiger partial charge in [-0.15, -0.1) is 28.0 Å². The molecule has 0 spiro atoms. The van der Waals surface area contributed by atoms with Crippen molar-refractivity contribution in [3.63, 3.8) is 0 Å². The highest BCUT2D eigenvalue weighted by Gasteiger charge is 2.04. The molecule has 1 aromatic carbocycles. The van der Waals surface area contributed by atoms with Crippen LogP contribution < -0.4 is 0 Å². The first-order valence-corrected chi connectivity index (χ1v) is 7.23. The molecule has 0 atom stereocenters. The van der Waals surface area contributed by atoms with Gasteiger partial charge in [0.1, 0.15) is 0 Å². The number of hydrogen-bond acceptors (Lipinski definition) is 3. The molecule has 5 heteroatoms. The van der Waals surface area contributed by atoms with Crippen molar-refractivity contribution in [3.8, 4) is 5.69 Å². The number of aromatic nitrogens is 3. The minimum Gasteiger partial charge on any atom is -0.220 e. The molecular formula is C13H12ClN3S. The van der Waals surface area contributed by atoms with Crippen LogP contribution in [0.25, 0.3) is 15.8 Å². The third-order valence-electron chi connectivity index (χ3n) is 2.81. The van der Waals surface area contributed by atoms with Gasteiger partial charge in [-0.3, -0.25) is 0 Å². The van der Waals surface area contributed by atoms with Gasteiger partial charge >= 0.3 is 0 Å². The van der Waals surface area contributed by atoms with E-state index in [0.29, 0.717) is 5.88 Å². The molecule has 3 aromatic rings. The van der Waals surface area contributed by atoms with Crippen LogP contribution in [-0.4, -0.2) is 20.9 Å². The van der Waals surface area contributed by atoms with E-state index < -0.39 is 0 Å². The number of thiophene rings is 1. The second-order valence-electron chi connectivity index (χ2n) is 4.09. The normalized spacial score (nSPS) is 11.2. The maximum atomic E-state index is 5.67. The van der Waals surface area contributed by atoms with Crippen LogP contribution in [-0.2, 0) is 6.42 Å². The predicted octanol–water partition coefficient (Wildman–Crippen LogP) is 3.65. The molecule has 0 fully saturated rings. The molecule has 3 rings (SSSR count). The van der Waals surface area contributed by atoms with Crippen LogP contribution in [0.2, 0.25) is 0 Å². The first kappa shape index (κ1) is 11.7. The number of benzene rings is 1. The molecule has 0 N–H and O–H groups in total. The fraction of sp³-hybridized carbons (Fsp3) is 0.231. The molecule has 0 amide bonds. The van der Waals surface area contributed by atoms with Crippen LogP contribution in [0.5, 0.6) is 0 Å². The van der Waals surface area contributed by atoms with E-state index in [1.165, 1.54) is 10.1 Å². The van der Waals surface area contributed by atoms with Gasteiger partial charge in [0.15, 0.2) is 0 Å². The van der Waals surface area contributed by atoms with E-state index >= 15 is 0 Å². The van der Waals surface area contributed by atoms with Gasteiger partial charge in [-0.1, -0.05) is 5.21 Å². The zero-order valence-electron chi connectivity index (χ0n) is 9.71. The Hall–Kier alpha value is -1.39. The Morgan fingerprint density at radius 2 is 2.22 bits per heavy atom. The summed E-state index contributed by atoms with van der Waals surface area (Å²) in [5.41, 5.74) is 2.03. The van der Waals surface area contributed by atoms with Crippen molar-refractivity contribution in [2.24, 2.45) is 0 Å².